The summed E-state index contributed by atoms with van der Waals surface area (Å²) in [5.41, 5.74) is 0.317. The van der Waals surface area contributed by atoms with Crippen molar-refractivity contribution < 1.29 is 17.7 Å². The Bertz CT molecular complexity index is 604. The molecule has 1 fully saturated rings. The van der Waals surface area contributed by atoms with Crippen molar-refractivity contribution in [1.82, 2.24) is 0 Å². The molecule has 4 nitrogen and oxygen atoms in total. The third kappa shape index (κ3) is 3.73. The summed E-state index contributed by atoms with van der Waals surface area (Å²) in [6, 6.07) is 6.97. The smallest absolute Gasteiger partial charge is 0.403 e. The standard InChI is InChI=1S/C16H25BO4S/c1-13-7-9-14(10-8-13)22(18,19)12-6-11-17-20-15(2,3)16(4,5)21-17/h7-10H,6,11-12H2,1-5H3. The summed E-state index contributed by atoms with van der Waals surface area (Å²) in [5.74, 6) is 0.111. The van der Waals surface area contributed by atoms with Gasteiger partial charge in [-0.15, -0.1) is 0 Å². The van der Waals surface area contributed by atoms with E-state index in [4.69, 9.17) is 9.31 Å². The summed E-state index contributed by atoms with van der Waals surface area (Å²) in [6.45, 7) is 9.92. The Morgan fingerprint density at radius 3 is 2.00 bits per heavy atom. The first kappa shape index (κ1) is 17.5. The van der Waals surface area contributed by atoms with Gasteiger partial charge < -0.3 is 9.31 Å². The van der Waals surface area contributed by atoms with Gasteiger partial charge in [0.2, 0.25) is 0 Å². The van der Waals surface area contributed by atoms with Gasteiger partial charge in [-0.25, -0.2) is 8.42 Å². The molecule has 0 aliphatic carbocycles. The van der Waals surface area contributed by atoms with Crippen LogP contribution < -0.4 is 0 Å². The summed E-state index contributed by atoms with van der Waals surface area (Å²) < 4.78 is 36.3. The van der Waals surface area contributed by atoms with Crippen LogP contribution in [-0.2, 0) is 19.1 Å². The van der Waals surface area contributed by atoms with Gasteiger partial charge in [-0.05, 0) is 59.5 Å². The van der Waals surface area contributed by atoms with E-state index >= 15 is 0 Å². The molecule has 1 heterocycles. The second-order valence-corrected chi connectivity index (χ2v) is 9.07. The average molecular weight is 324 g/mol. The van der Waals surface area contributed by atoms with E-state index in [-0.39, 0.29) is 24.1 Å². The Morgan fingerprint density at radius 1 is 1.00 bits per heavy atom. The highest BCUT2D eigenvalue weighted by Crippen LogP contribution is 2.38. The lowest BCUT2D eigenvalue weighted by Crippen LogP contribution is -2.41. The molecule has 0 spiro atoms. The third-order valence-electron chi connectivity index (χ3n) is 4.54. The van der Waals surface area contributed by atoms with E-state index in [0.29, 0.717) is 17.6 Å². The highest BCUT2D eigenvalue weighted by atomic mass is 32.2. The van der Waals surface area contributed by atoms with Crippen molar-refractivity contribution in [3.05, 3.63) is 29.8 Å². The molecule has 0 aromatic heterocycles. The van der Waals surface area contributed by atoms with Crippen molar-refractivity contribution in [3.8, 4) is 0 Å². The van der Waals surface area contributed by atoms with E-state index in [1.165, 1.54) is 0 Å². The summed E-state index contributed by atoms with van der Waals surface area (Å²) >= 11 is 0. The van der Waals surface area contributed by atoms with E-state index in [9.17, 15) is 8.42 Å². The van der Waals surface area contributed by atoms with E-state index in [1.807, 2.05) is 46.8 Å². The molecule has 0 N–H and O–H groups in total. The molecule has 0 atom stereocenters. The summed E-state index contributed by atoms with van der Waals surface area (Å²) in [4.78, 5) is 0.381. The van der Waals surface area contributed by atoms with Crippen molar-refractivity contribution in [3.63, 3.8) is 0 Å². The molecule has 1 saturated heterocycles. The molecule has 1 aliphatic rings. The Hall–Kier alpha value is -0.845. The fourth-order valence-corrected chi connectivity index (χ4v) is 3.72. The van der Waals surface area contributed by atoms with Crippen molar-refractivity contribution in [1.29, 1.82) is 0 Å². The zero-order chi connectivity index (χ0) is 16.6. The van der Waals surface area contributed by atoms with Crippen LogP contribution in [0.25, 0.3) is 0 Å². The monoisotopic (exact) mass is 324 g/mol. The molecule has 122 valence electrons. The van der Waals surface area contributed by atoms with Gasteiger partial charge in [0.05, 0.1) is 21.9 Å². The number of sulfone groups is 1. The highest BCUT2D eigenvalue weighted by Gasteiger charge is 2.50. The van der Waals surface area contributed by atoms with E-state index in [1.54, 1.807) is 12.1 Å². The molecule has 0 unspecified atom stereocenters. The van der Waals surface area contributed by atoms with Gasteiger partial charge in [-0.3, -0.25) is 0 Å². The third-order valence-corrected chi connectivity index (χ3v) is 6.35. The van der Waals surface area contributed by atoms with Gasteiger partial charge in [0, 0.05) is 0 Å². The van der Waals surface area contributed by atoms with Gasteiger partial charge in [-0.1, -0.05) is 17.7 Å². The number of aryl methyl sites for hydroxylation is 1. The lowest BCUT2D eigenvalue weighted by molar-refractivity contribution is 0.00578. The maximum atomic E-state index is 12.3. The van der Waals surface area contributed by atoms with Crippen molar-refractivity contribution >= 4 is 17.0 Å². The second-order valence-electron chi connectivity index (χ2n) is 6.96. The van der Waals surface area contributed by atoms with Crippen molar-refractivity contribution in [2.45, 2.75) is 63.5 Å². The molecule has 0 saturated carbocycles. The molecule has 0 bridgehead atoms. The van der Waals surface area contributed by atoms with Crippen LogP contribution in [0.15, 0.2) is 29.2 Å². The number of benzene rings is 1. The SMILES string of the molecule is Cc1ccc(S(=O)(=O)CCCB2OC(C)(C)C(C)(C)O2)cc1. The lowest BCUT2D eigenvalue weighted by Gasteiger charge is -2.32. The molecule has 1 aromatic rings. The largest absolute Gasteiger partial charge is 0.457 e. The van der Waals surface area contributed by atoms with Crippen LogP contribution in [0.3, 0.4) is 0 Å². The van der Waals surface area contributed by atoms with Crippen LogP contribution in [0.4, 0.5) is 0 Å². The predicted octanol–water partition coefficient (Wildman–Crippen LogP) is 3.25. The van der Waals surface area contributed by atoms with Crippen LogP contribution in [0.1, 0.15) is 39.7 Å². The molecule has 6 heteroatoms. The zero-order valence-electron chi connectivity index (χ0n) is 14.0. The number of hydrogen-bond acceptors (Lipinski definition) is 4. The Kier molecular flexibility index (Phi) is 4.76. The topological polar surface area (TPSA) is 52.6 Å². The zero-order valence-corrected chi connectivity index (χ0v) is 14.9. The van der Waals surface area contributed by atoms with E-state index < -0.39 is 9.84 Å². The van der Waals surface area contributed by atoms with Gasteiger partial charge >= 0.3 is 7.12 Å². The predicted molar refractivity (Wildman–Crippen MR) is 88.7 cm³/mol. The normalized spacial score (nSPS) is 20.3. The van der Waals surface area contributed by atoms with E-state index in [0.717, 1.165) is 5.56 Å². The number of hydrogen-bond donors (Lipinski definition) is 0. The Labute approximate surface area is 134 Å². The highest BCUT2D eigenvalue weighted by molar-refractivity contribution is 7.91. The molecular formula is C16H25BO4S. The molecule has 1 aromatic carbocycles. The fraction of sp³-hybridized carbons (Fsp3) is 0.625. The maximum absolute atomic E-state index is 12.3. The first-order chi connectivity index (χ1) is 10.0. The first-order valence-corrected chi connectivity index (χ1v) is 9.34. The van der Waals surface area contributed by atoms with Gasteiger partial charge in [0.15, 0.2) is 9.84 Å². The van der Waals surface area contributed by atoms with Crippen LogP contribution in [0.5, 0.6) is 0 Å². The quantitative estimate of drug-likeness (QED) is 0.780. The van der Waals surface area contributed by atoms with E-state index in [2.05, 4.69) is 0 Å². The average Bonchev–Trinajstić information content (AvgIpc) is 2.57. The van der Waals surface area contributed by atoms with Gasteiger partial charge in [0.25, 0.3) is 0 Å². The van der Waals surface area contributed by atoms with Crippen LogP contribution in [-0.4, -0.2) is 32.5 Å². The van der Waals surface area contributed by atoms with Crippen LogP contribution >= 0.6 is 0 Å². The number of rotatable bonds is 5. The minimum Gasteiger partial charge on any atom is -0.403 e. The van der Waals surface area contributed by atoms with Crippen molar-refractivity contribution in [2.75, 3.05) is 5.75 Å². The summed E-state index contributed by atoms with van der Waals surface area (Å²) in [5, 5.41) is 0. The molecule has 2 rings (SSSR count). The van der Waals surface area contributed by atoms with Crippen molar-refractivity contribution in [2.24, 2.45) is 0 Å². The Balaban J connectivity index is 1.90. The van der Waals surface area contributed by atoms with Crippen LogP contribution in [0.2, 0.25) is 6.32 Å². The molecule has 22 heavy (non-hydrogen) atoms. The molecule has 0 amide bonds. The van der Waals surface area contributed by atoms with Gasteiger partial charge in [0.1, 0.15) is 0 Å². The second kappa shape index (κ2) is 5.98. The molecule has 1 aliphatic heterocycles. The maximum Gasteiger partial charge on any atom is 0.457 e. The van der Waals surface area contributed by atoms with Crippen LogP contribution in [0, 0.1) is 6.92 Å². The lowest BCUT2D eigenvalue weighted by atomic mass is 9.83. The fourth-order valence-electron chi connectivity index (χ4n) is 2.39. The minimum atomic E-state index is -3.24. The van der Waals surface area contributed by atoms with Gasteiger partial charge in [-0.2, -0.15) is 0 Å². The first-order valence-electron chi connectivity index (χ1n) is 7.69. The molecule has 0 radical (unpaired) electrons. The Morgan fingerprint density at radius 2 is 1.50 bits per heavy atom. The molecular weight excluding hydrogens is 299 g/mol. The minimum absolute atomic E-state index is 0.111. The summed E-state index contributed by atoms with van der Waals surface area (Å²) in [6.07, 6.45) is 1.10. The summed E-state index contributed by atoms with van der Waals surface area (Å²) in [7, 11) is -3.57.